The zero-order valence-electron chi connectivity index (χ0n) is 11.8. The summed E-state index contributed by atoms with van der Waals surface area (Å²) in [6, 6.07) is 9.19. The normalized spacial score (nSPS) is 11.7. The van der Waals surface area contributed by atoms with E-state index < -0.39 is 5.97 Å². The molecule has 7 nitrogen and oxygen atoms in total. The second-order valence-electron chi connectivity index (χ2n) is 3.83. The van der Waals surface area contributed by atoms with Crippen LogP contribution < -0.4 is 16.6 Å². The zero-order chi connectivity index (χ0) is 15.7. The second kappa shape index (κ2) is 8.64. The maximum absolute atomic E-state index is 11.9. The Kier molecular flexibility index (Phi) is 6.82. The number of para-hydroxylation sites is 1. The number of nitrogens with one attached hydrogen (secondary N) is 2. The van der Waals surface area contributed by atoms with Gasteiger partial charge in [0.05, 0.1) is 18.0 Å². The van der Waals surface area contributed by atoms with Crippen LogP contribution in [0.3, 0.4) is 0 Å². The largest absolute Gasteiger partial charge is 0.461 e. The number of anilines is 1. The molecule has 8 heteroatoms. The molecular weight excluding hydrogens is 290 g/mol. The van der Waals surface area contributed by atoms with Crippen molar-refractivity contribution in [3.8, 4) is 0 Å². The lowest BCUT2D eigenvalue weighted by molar-refractivity contribution is -0.134. The molecule has 1 aromatic carbocycles. The van der Waals surface area contributed by atoms with Crippen LogP contribution in [0.4, 0.5) is 5.69 Å². The quantitative estimate of drug-likeness (QED) is 0.316. The Morgan fingerprint density at radius 1 is 1.33 bits per heavy atom. The van der Waals surface area contributed by atoms with Crippen molar-refractivity contribution < 1.29 is 9.53 Å². The predicted molar refractivity (Wildman–Crippen MR) is 87.2 cm³/mol. The number of thiocarbonyl (C=S) groups is 1. The zero-order valence-corrected chi connectivity index (χ0v) is 12.6. The van der Waals surface area contributed by atoms with Crippen molar-refractivity contribution in [3.05, 3.63) is 30.3 Å². The van der Waals surface area contributed by atoms with Crippen molar-refractivity contribution in [2.24, 2.45) is 15.9 Å². The van der Waals surface area contributed by atoms with Gasteiger partial charge in [-0.2, -0.15) is 10.2 Å². The summed E-state index contributed by atoms with van der Waals surface area (Å²) >= 11 is 4.65. The highest BCUT2D eigenvalue weighted by Crippen LogP contribution is 2.05. The van der Waals surface area contributed by atoms with Gasteiger partial charge >= 0.3 is 5.97 Å². The molecule has 0 saturated heterocycles. The minimum absolute atomic E-state index is 0.00595. The number of hydrogen-bond donors (Lipinski definition) is 3. The van der Waals surface area contributed by atoms with E-state index in [-0.39, 0.29) is 17.4 Å². The number of ether oxygens (including phenoxy) is 1. The Balaban J connectivity index is 2.93. The van der Waals surface area contributed by atoms with Crippen LogP contribution in [0.25, 0.3) is 0 Å². The number of nitrogens with two attached hydrogens (primary N) is 1. The molecule has 21 heavy (non-hydrogen) atoms. The maximum atomic E-state index is 11.9. The molecule has 0 radical (unpaired) electrons. The van der Waals surface area contributed by atoms with E-state index >= 15 is 0 Å². The van der Waals surface area contributed by atoms with Gasteiger partial charge in [0.2, 0.25) is 0 Å². The smallest absolute Gasteiger partial charge is 0.360 e. The summed E-state index contributed by atoms with van der Waals surface area (Å²) in [6.45, 7) is 3.53. The van der Waals surface area contributed by atoms with Crippen molar-refractivity contribution in [2.75, 3.05) is 12.0 Å². The summed E-state index contributed by atoms with van der Waals surface area (Å²) in [5, 5.41) is 7.89. The number of nitrogens with zero attached hydrogens (tertiary/aromatic N) is 2. The van der Waals surface area contributed by atoms with Crippen LogP contribution in [0.1, 0.15) is 13.8 Å². The summed E-state index contributed by atoms with van der Waals surface area (Å²) in [5.41, 5.74) is 11.5. The first-order valence-corrected chi connectivity index (χ1v) is 6.61. The van der Waals surface area contributed by atoms with Crippen molar-refractivity contribution in [3.63, 3.8) is 0 Å². The molecular formula is C13H17N5O2S. The predicted octanol–water partition coefficient (Wildman–Crippen LogP) is 1.23. The first-order chi connectivity index (χ1) is 10.0. The lowest BCUT2D eigenvalue weighted by atomic mass is 10.2. The van der Waals surface area contributed by atoms with E-state index in [1.54, 1.807) is 13.8 Å². The van der Waals surface area contributed by atoms with Gasteiger partial charge < -0.3 is 10.5 Å². The molecule has 0 aliphatic rings. The fourth-order valence-electron chi connectivity index (χ4n) is 1.30. The molecule has 0 heterocycles. The Bertz CT molecular complexity index is 557. The molecule has 112 valence electrons. The van der Waals surface area contributed by atoms with Crippen molar-refractivity contribution in [1.82, 2.24) is 5.43 Å². The number of hydrazone groups is 2. The topological polar surface area (TPSA) is 101 Å². The van der Waals surface area contributed by atoms with Crippen LogP contribution in [0, 0.1) is 0 Å². The van der Waals surface area contributed by atoms with Gasteiger partial charge in [0.25, 0.3) is 0 Å². The molecule has 0 aromatic heterocycles. The molecule has 4 N–H and O–H groups in total. The first kappa shape index (κ1) is 16.6. The van der Waals surface area contributed by atoms with Crippen molar-refractivity contribution in [1.29, 1.82) is 0 Å². The Morgan fingerprint density at radius 2 is 2.00 bits per heavy atom. The summed E-state index contributed by atoms with van der Waals surface area (Å²) < 4.78 is 4.94. The van der Waals surface area contributed by atoms with E-state index in [0.29, 0.717) is 5.71 Å². The lowest BCUT2D eigenvalue weighted by Gasteiger charge is -2.07. The molecule has 0 aliphatic carbocycles. The SMILES string of the molecule is CCOC(=O)C(=N/Nc1ccccc1)/C(C)=N\NC(N)=S. The van der Waals surface area contributed by atoms with Crippen LogP contribution >= 0.6 is 12.2 Å². The van der Waals surface area contributed by atoms with E-state index in [0.717, 1.165) is 5.69 Å². The average molecular weight is 307 g/mol. The number of hydrogen-bond acceptors (Lipinski definition) is 6. The van der Waals surface area contributed by atoms with Crippen LogP contribution in [0.2, 0.25) is 0 Å². The van der Waals surface area contributed by atoms with Crippen LogP contribution in [0.5, 0.6) is 0 Å². The van der Waals surface area contributed by atoms with E-state index in [4.69, 9.17) is 10.5 Å². The van der Waals surface area contributed by atoms with Crippen molar-refractivity contribution >= 4 is 40.4 Å². The molecule has 1 rings (SSSR count). The number of rotatable bonds is 6. The number of benzene rings is 1. The molecule has 0 atom stereocenters. The standard InChI is InChI=1S/C13H17N5O2S/c1-3-20-12(19)11(9(2)15-18-13(14)21)17-16-10-7-5-4-6-8-10/h4-8,16H,3H2,1-2H3,(H3,14,18,21)/b15-9-,17-11+. The van der Waals surface area contributed by atoms with E-state index in [2.05, 4.69) is 33.3 Å². The van der Waals surface area contributed by atoms with Gasteiger partial charge in [0.15, 0.2) is 10.8 Å². The molecule has 0 bridgehead atoms. The molecule has 0 aliphatic heterocycles. The number of esters is 1. The molecule has 0 amide bonds. The van der Waals surface area contributed by atoms with Gasteiger partial charge in [-0.15, -0.1) is 0 Å². The summed E-state index contributed by atoms with van der Waals surface area (Å²) in [5.74, 6) is -0.591. The van der Waals surface area contributed by atoms with Crippen molar-refractivity contribution in [2.45, 2.75) is 13.8 Å². The van der Waals surface area contributed by atoms with Crippen LogP contribution in [-0.4, -0.2) is 29.1 Å². The maximum Gasteiger partial charge on any atom is 0.360 e. The van der Waals surface area contributed by atoms with E-state index in [1.807, 2.05) is 30.3 Å². The Morgan fingerprint density at radius 3 is 2.57 bits per heavy atom. The van der Waals surface area contributed by atoms with E-state index in [1.165, 1.54) is 0 Å². The minimum Gasteiger partial charge on any atom is -0.461 e. The highest BCUT2D eigenvalue weighted by Gasteiger charge is 2.17. The third-order valence-electron chi connectivity index (χ3n) is 2.22. The van der Waals surface area contributed by atoms with Crippen LogP contribution in [-0.2, 0) is 9.53 Å². The second-order valence-corrected chi connectivity index (χ2v) is 4.27. The van der Waals surface area contributed by atoms with Crippen LogP contribution in [0.15, 0.2) is 40.5 Å². The highest BCUT2D eigenvalue weighted by molar-refractivity contribution is 7.80. The third-order valence-corrected chi connectivity index (χ3v) is 2.31. The van der Waals surface area contributed by atoms with Gasteiger partial charge in [0.1, 0.15) is 0 Å². The van der Waals surface area contributed by atoms with Gasteiger partial charge in [-0.1, -0.05) is 18.2 Å². The lowest BCUT2D eigenvalue weighted by Crippen LogP contribution is -2.30. The molecule has 1 aromatic rings. The Labute approximate surface area is 128 Å². The van der Waals surface area contributed by atoms with Gasteiger partial charge in [-0.25, -0.2) is 4.79 Å². The molecule has 0 spiro atoms. The number of carbonyl (C=O) groups excluding carboxylic acids is 1. The van der Waals surface area contributed by atoms with Gasteiger partial charge in [0, 0.05) is 0 Å². The highest BCUT2D eigenvalue weighted by atomic mass is 32.1. The molecule has 0 unspecified atom stereocenters. The Hall–Kier alpha value is -2.48. The van der Waals surface area contributed by atoms with Gasteiger partial charge in [-0.05, 0) is 38.2 Å². The van der Waals surface area contributed by atoms with Gasteiger partial charge in [-0.3, -0.25) is 10.9 Å². The average Bonchev–Trinajstić information content (AvgIpc) is 2.46. The van der Waals surface area contributed by atoms with E-state index in [9.17, 15) is 4.79 Å². The molecule has 0 saturated carbocycles. The summed E-state index contributed by atoms with van der Waals surface area (Å²) in [6.07, 6.45) is 0. The minimum atomic E-state index is -0.591. The summed E-state index contributed by atoms with van der Waals surface area (Å²) in [4.78, 5) is 11.9. The molecule has 0 fully saturated rings. The number of carbonyl (C=O) groups is 1. The summed E-state index contributed by atoms with van der Waals surface area (Å²) in [7, 11) is 0. The fourth-order valence-corrected chi connectivity index (χ4v) is 1.34. The third kappa shape index (κ3) is 6.00. The fraction of sp³-hybridized carbons (Fsp3) is 0.231. The monoisotopic (exact) mass is 307 g/mol. The first-order valence-electron chi connectivity index (χ1n) is 6.20.